The van der Waals surface area contributed by atoms with Crippen LogP contribution < -0.4 is 10.6 Å². The van der Waals surface area contributed by atoms with Gasteiger partial charge in [0.15, 0.2) is 0 Å². The zero-order valence-electron chi connectivity index (χ0n) is 30.7. The Morgan fingerprint density at radius 1 is 0.422 bits per heavy atom. The van der Waals surface area contributed by atoms with E-state index in [4.69, 9.17) is 0 Å². The number of unbranched alkanes of at least 4 members (excludes halogenated alkanes) is 24. The smallest absolute Gasteiger partial charge is 0.219 e. The van der Waals surface area contributed by atoms with E-state index in [0.29, 0.717) is 51.9 Å². The molecule has 0 fully saturated rings. The number of hydroxylamine groups is 3. The van der Waals surface area contributed by atoms with Crippen molar-refractivity contribution in [2.75, 3.05) is 33.2 Å². The molecular weight excluding hydrogens is 558 g/mol. The van der Waals surface area contributed by atoms with Crippen molar-refractivity contribution in [2.45, 2.75) is 206 Å². The molecule has 0 atom stereocenters. The van der Waals surface area contributed by atoms with Gasteiger partial charge in [0.2, 0.25) is 11.8 Å². The SMILES string of the molecule is CCCCCCCCCCCCCCCC(=O)NCCC[N+](C)([O-])CCCNC(=O)CCCCCCCCCCCCCCC. The Morgan fingerprint density at radius 3 is 0.933 bits per heavy atom. The maximum absolute atomic E-state index is 12.7. The fraction of sp³-hybridized carbons (Fsp3) is 0.949. The third kappa shape index (κ3) is 35.6. The monoisotopic (exact) mass is 638 g/mol. The molecule has 2 amide bonds. The van der Waals surface area contributed by atoms with Crippen molar-refractivity contribution in [3.05, 3.63) is 5.21 Å². The van der Waals surface area contributed by atoms with Crippen LogP contribution in [0, 0.1) is 5.21 Å². The van der Waals surface area contributed by atoms with Crippen molar-refractivity contribution in [1.29, 1.82) is 0 Å². The number of carbonyl (C=O) groups excluding carboxylic acids is 2. The van der Waals surface area contributed by atoms with Gasteiger partial charge in [0.1, 0.15) is 0 Å². The molecule has 268 valence electrons. The van der Waals surface area contributed by atoms with E-state index in [0.717, 1.165) is 25.7 Å². The van der Waals surface area contributed by atoms with Gasteiger partial charge in [0.25, 0.3) is 0 Å². The number of amides is 2. The van der Waals surface area contributed by atoms with Crippen molar-refractivity contribution in [2.24, 2.45) is 0 Å². The Hall–Kier alpha value is -1.14. The van der Waals surface area contributed by atoms with Gasteiger partial charge < -0.3 is 20.5 Å². The molecule has 0 aliphatic carbocycles. The summed E-state index contributed by atoms with van der Waals surface area (Å²) >= 11 is 0. The third-order valence-corrected chi connectivity index (χ3v) is 9.27. The zero-order chi connectivity index (χ0) is 33.1. The average Bonchev–Trinajstić information content (AvgIpc) is 3.02. The first-order chi connectivity index (χ1) is 21.9. The van der Waals surface area contributed by atoms with E-state index in [2.05, 4.69) is 24.5 Å². The maximum atomic E-state index is 12.7. The molecule has 0 aliphatic heterocycles. The van der Waals surface area contributed by atoms with Crippen molar-refractivity contribution in [3.63, 3.8) is 0 Å². The lowest BCUT2D eigenvalue weighted by atomic mass is 10.0. The molecule has 45 heavy (non-hydrogen) atoms. The van der Waals surface area contributed by atoms with Crippen LogP contribution in [0.15, 0.2) is 0 Å². The summed E-state index contributed by atoms with van der Waals surface area (Å²) in [4.78, 5) is 24.2. The largest absolute Gasteiger partial charge is 0.633 e. The van der Waals surface area contributed by atoms with Crippen LogP contribution in [0.25, 0.3) is 0 Å². The van der Waals surface area contributed by atoms with Gasteiger partial charge in [-0.2, -0.15) is 0 Å². The molecule has 0 unspecified atom stereocenters. The van der Waals surface area contributed by atoms with Gasteiger partial charge in [-0.1, -0.05) is 168 Å². The normalized spacial score (nSPS) is 11.6. The number of rotatable bonds is 36. The molecular formula is C39H79N3O3. The van der Waals surface area contributed by atoms with Gasteiger partial charge in [-0.15, -0.1) is 0 Å². The summed E-state index contributed by atoms with van der Waals surface area (Å²) in [6, 6.07) is 0. The van der Waals surface area contributed by atoms with E-state index >= 15 is 0 Å². The predicted molar refractivity (Wildman–Crippen MR) is 195 cm³/mol. The van der Waals surface area contributed by atoms with Gasteiger partial charge in [0, 0.05) is 38.8 Å². The minimum atomic E-state index is -0.316. The van der Waals surface area contributed by atoms with E-state index in [1.807, 2.05) is 0 Å². The highest BCUT2D eigenvalue weighted by atomic mass is 16.5. The van der Waals surface area contributed by atoms with E-state index in [1.165, 1.54) is 141 Å². The quantitative estimate of drug-likeness (QED) is 0.0407. The Morgan fingerprint density at radius 2 is 0.667 bits per heavy atom. The van der Waals surface area contributed by atoms with Crippen LogP contribution in [0.5, 0.6) is 0 Å². The fourth-order valence-corrected chi connectivity index (χ4v) is 6.18. The molecule has 0 radical (unpaired) electrons. The van der Waals surface area contributed by atoms with Crippen LogP contribution >= 0.6 is 0 Å². The molecule has 0 aromatic carbocycles. The number of quaternary nitrogens is 1. The van der Waals surface area contributed by atoms with Crippen molar-refractivity contribution in [1.82, 2.24) is 10.6 Å². The highest BCUT2D eigenvalue weighted by Crippen LogP contribution is 2.14. The van der Waals surface area contributed by atoms with Crippen LogP contribution in [-0.4, -0.2) is 49.7 Å². The third-order valence-electron chi connectivity index (χ3n) is 9.27. The Balaban J connectivity index is 3.48. The molecule has 0 aromatic rings. The minimum Gasteiger partial charge on any atom is -0.633 e. The first kappa shape index (κ1) is 43.9. The van der Waals surface area contributed by atoms with E-state index < -0.39 is 0 Å². The molecule has 0 saturated heterocycles. The highest BCUT2D eigenvalue weighted by Gasteiger charge is 2.11. The summed E-state index contributed by atoms with van der Waals surface area (Å²) in [6.07, 6.45) is 36.6. The summed E-state index contributed by atoms with van der Waals surface area (Å²) in [5, 5.41) is 18.7. The average molecular weight is 638 g/mol. The molecule has 0 aromatic heterocycles. The Bertz CT molecular complexity index is 589. The second kappa shape index (κ2) is 34.2. The van der Waals surface area contributed by atoms with Crippen LogP contribution in [0.3, 0.4) is 0 Å². The topological polar surface area (TPSA) is 81.3 Å². The van der Waals surface area contributed by atoms with E-state index in [9.17, 15) is 14.8 Å². The van der Waals surface area contributed by atoms with Gasteiger partial charge in [-0.05, 0) is 12.8 Å². The molecule has 6 heteroatoms. The van der Waals surface area contributed by atoms with Gasteiger partial charge in [-0.25, -0.2) is 0 Å². The van der Waals surface area contributed by atoms with E-state index in [1.54, 1.807) is 7.05 Å². The molecule has 6 nitrogen and oxygen atoms in total. The highest BCUT2D eigenvalue weighted by molar-refractivity contribution is 5.76. The fourth-order valence-electron chi connectivity index (χ4n) is 6.18. The summed E-state index contributed by atoms with van der Waals surface area (Å²) in [5.41, 5.74) is 0. The predicted octanol–water partition coefficient (Wildman–Crippen LogP) is 10.9. The zero-order valence-corrected chi connectivity index (χ0v) is 30.7. The van der Waals surface area contributed by atoms with Gasteiger partial charge in [0.05, 0.1) is 20.1 Å². The van der Waals surface area contributed by atoms with Crippen LogP contribution in [0.4, 0.5) is 0 Å². The van der Waals surface area contributed by atoms with E-state index in [-0.39, 0.29) is 16.5 Å². The minimum absolute atomic E-state index is 0.115. The van der Waals surface area contributed by atoms with Gasteiger partial charge >= 0.3 is 0 Å². The summed E-state index contributed by atoms with van der Waals surface area (Å²) in [6.45, 7) is 6.67. The van der Waals surface area contributed by atoms with Crippen LogP contribution in [-0.2, 0) is 9.59 Å². The van der Waals surface area contributed by atoms with Crippen molar-refractivity contribution >= 4 is 11.8 Å². The Labute approximate surface area is 281 Å². The van der Waals surface area contributed by atoms with Crippen molar-refractivity contribution < 1.29 is 14.2 Å². The second-order valence-electron chi connectivity index (χ2n) is 14.1. The number of nitrogens with one attached hydrogen (secondary N) is 2. The molecule has 0 heterocycles. The second-order valence-corrected chi connectivity index (χ2v) is 14.1. The van der Waals surface area contributed by atoms with Crippen LogP contribution in [0.1, 0.15) is 206 Å². The molecule has 0 saturated carbocycles. The maximum Gasteiger partial charge on any atom is 0.219 e. The lowest BCUT2D eigenvalue weighted by Gasteiger charge is -2.38. The van der Waals surface area contributed by atoms with Crippen LogP contribution in [0.2, 0.25) is 0 Å². The lowest BCUT2D eigenvalue weighted by Crippen LogP contribution is -2.42. The molecule has 0 bridgehead atoms. The van der Waals surface area contributed by atoms with Crippen molar-refractivity contribution in [3.8, 4) is 0 Å². The molecule has 2 N–H and O–H groups in total. The summed E-state index contributed by atoms with van der Waals surface area (Å²) in [5.74, 6) is 0.230. The number of carbonyl (C=O) groups is 2. The summed E-state index contributed by atoms with van der Waals surface area (Å²) < 4.78 is -0.316. The number of hydrogen-bond donors (Lipinski definition) is 2. The first-order valence-corrected chi connectivity index (χ1v) is 20.0. The lowest BCUT2D eigenvalue weighted by molar-refractivity contribution is -0.860. The standard InChI is InChI=1S/C39H79N3O3/c1-4-6-8-10-12-14-16-18-20-22-24-26-28-32-38(43)40-34-30-36-42(3,45)37-31-35-41-39(44)33-29-27-25-23-21-19-17-15-13-11-9-7-5-2/h4-37H2,1-3H3,(H,40,43)(H,41,44). The first-order valence-electron chi connectivity index (χ1n) is 20.0. The number of hydrogen-bond acceptors (Lipinski definition) is 3. The number of nitrogens with zero attached hydrogens (tertiary/aromatic N) is 1. The summed E-state index contributed by atoms with van der Waals surface area (Å²) in [7, 11) is 1.70. The molecule has 0 rings (SSSR count). The molecule has 0 aliphatic rings. The molecule has 0 spiro atoms. The van der Waals surface area contributed by atoms with Gasteiger partial charge in [-0.3, -0.25) is 9.59 Å². The Kier molecular flexibility index (Phi) is 33.3.